The molecule has 0 bridgehead atoms. The topological polar surface area (TPSA) is 103 Å². The number of carbonyl (C=O) groups is 1. The van der Waals surface area contributed by atoms with Crippen LogP contribution < -0.4 is 19.5 Å². The Bertz CT molecular complexity index is 913. The Kier molecular flexibility index (Phi) is 8.44. The molecule has 2 rings (SSSR count). The third-order valence-electron chi connectivity index (χ3n) is 4.13. The van der Waals surface area contributed by atoms with Crippen LogP contribution in [0.25, 0.3) is 0 Å². The van der Waals surface area contributed by atoms with Gasteiger partial charge in [0.05, 0.1) is 32.1 Å². The molecule has 1 amide bonds. The van der Waals surface area contributed by atoms with Gasteiger partial charge in [-0.25, -0.2) is 13.1 Å². The molecule has 9 heteroatoms. The summed E-state index contributed by atoms with van der Waals surface area (Å²) in [4.78, 5) is 12.4. The number of rotatable bonds is 11. The number of amides is 1. The van der Waals surface area contributed by atoms with Crippen molar-refractivity contribution in [2.75, 3.05) is 34.5 Å². The van der Waals surface area contributed by atoms with E-state index in [4.69, 9.17) is 14.2 Å². The normalized spacial score (nSPS) is 11.1. The summed E-state index contributed by atoms with van der Waals surface area (Å²) in [6.07, 6.45) is 0.191. The Morgan fingerprint density at radius 1 is 0.931 bits per heavy atom. The quantitative estimate of drug-likeness (QED) is 0.532. The SMILES string of the molecule is COCCNS(=O)(=O)c1ccc(CNC(=O)Cc2ccc(OC)c(OC)c2)cc1. The van der Waals surface area contributed by atoms with Crippen molar-refractivity contribution in [3.63, 3.8) is 0 Å². The molecule has 0 atom stereocenters. The van der Waals surface area contributed by atoms with Crippen molar-refractivity contribution in [1.29, 1.82) is 0 Å². The van der Waals surface area contributed by atoms with E-state index < -0.39 is 10.0 Å². The number of carbonyl (C=O) groups excluding carboxylic acids is 1. The van der Waals surface area contributed by atoms with Gasteiger partial charge in [0.15, 0.2) is 11.5 Å². The Balaban J connectivity index is 1.90. The van der Waals surface area contributed by atoms with Crippen LogP contribution in [0.3, 0.4) is 0 Å². The molecule has 0 aromatic heterocycles. The van der Waals surface area contributed by atoms with Crippen LogP contribution in [0.1, 0.15) is 11.1 Å². The molecule has 0 radical (unpaired) electrons. The highest BCUT2D eigenvalue weighted by molar-refractivity contribution is 7.89. The van der Waals surface area contributed by atoms with Gasteiger partial charge in [0.1, 0.15) is 0 Å². The van der Waals surface area contributed by atoms with Crippen molar-refractivity contribution in [3.05, 3.63) is 53.6 Å². The fraction of sp³-hybridized carbons (Fsp3) is 0.350. The van der Waals surface area contributed by atoms with Crippen molar-refractivity contribution in [3.8, 4) is 11.5 Å². The van der Waals surface area contributed by atoms with Gasteiger partial charge in [0.25, 0.3) is 0 Å². The van der Waals surface area contributed by atoms with E-state index in [0.29, 0.717) is 24.7 Å². The highest BCUT2D eigenvalue weighted by atomic mass is 32.2. The van der Waals surface area contributed by atoms with E-state index in [9.17, 15) is 13.2 Å². The summed E-state index contributed by atoms with van der Waals surface area (Å²) in [6.45, 7) is 0.791. The first kappa shape index (κ1) is 22.7. The average Bonchev–Trinajstić information content (AvgIpc) is 2.72. The summed E-state index contributed by atoms with van der Waals surface area (Å²) in [6, 6.07) is 11.7. The predicted octanol–water partition coefficient (Wildman–Crippen LogP) is 1.49. The Morgan fingerprint density at radius 3 is 2.21 bits per heavy atom. The maximum Gasteiger partial charge on any atom is 0.240 e. The van der Waals surface area contributed by atoms with Crippen LogP contribution in [-0.2, 0) is 32.5 Å². The molecule has 158 valence electrons. The van der Waals surface area contributed by atoms with E-state index in [-0.39, 0.29) is 23.8 Å². The van der Waals surface area contributed by atoms with Gasteiger partial charge < -0.3 is 19.5 Å². The summed E-state index contributed by atoms with van der Waals surface area (Å²) in [7, 11) is 1.02. The standard InChI is InChI=1S/C20H26N2O6S/c1-26-11-10-22-29(24,25)17-7-4-15(5-8-17)14-21-20(23)13-16-6-9-18(27-2)19(12-16)28-3/h4-9,12,22H,10-11,13-14H2,1-3H3,(H,21,23). The first-order chi connectivity index (χ1) is 13.9. The largest absolute Gasteiger partial charge is 0.493 e. The lowest BCUT2D eigenvalue weighted by Gasteiger charge is -2.10. The maximum atomic E-state index is 12.2. The molecule has 29 heavy (non-hydrogen) atoms. The van der Waals surface area contributed by atoms with E-state index >= 15 is 0 Å². The number of methoxy groups -OCH3 is 3. The molecule has 0 spiro atoms. The Hall–Kier alpha value is -2.62. The minimum absolute atomic E-state index is 0.157. The first-order valence-electron chi connectivity index (χ1n) is 8.94. The fourth-order valence-corrected chi connectivity index (χ4v) is 3.60. The zero-order chi connectivity index (χ0) is 21.3. The lowest BCUT2D eigenvalue weighted by molar-refractivity contribution is -0.120. The summed E-state index contributed by atoms with van der Waals surface area (Å²) in [5.74, 6) is 1.01. The van der Waals surface area contributed by atoms with Crippen LogP contribution in [0, 0.1) is 0 Å². The Morgan fingerprint density at radius 2 is 1.59 bits per heavy atom. The number of hydrogen-bond acceptors (Lipinski definition) is 6. The van der Waals surface area contributed by atoms with E-state index in [2.05, 4.69) is 10.0 Å². The zero-order valence-corrected chi connectivity index (χ0v) is 17.5. The van der Waals surface area contributed by atoms with Gasteiger partial charge in [-0.1, -0.05) is 18.2 Å². The van der Waals surface area contributed by atoms with E-state index in [1.54, 1.807) is 44.6 Å². The molecule has 0 unspecified atom stereocenters. The van der Waals surface area contributed by atoms with Crippen LogP contribution in [0.15, 0.2) is 47.4 Å². The highest BCUT2D eigenvalue weighted by Gasteiger charge is 2.13. The van der Waals surface area contributed by atoms with Crippen LogP contribution in [0.4, 0.5) is 0 Å². The molecular weight excluding hydrogens is 396 g/mol. The van der Waals surface area contributed by atoms with Crippen molar-refractivity contribution >= 4 is 15.9 Å². The number of sulfonamides is 1. The first-order valence-corrected chi connectivity index (χ1v) is 10.4. The van der Waals surface area contributed by atoms with Crippen LogP contribution in [0.5, 0.6) is 11.5 Å². The summed E-state index contributed by atoms with van der Waals surface area (Å²) < 4.78 is 42.0. The van der Waals surface area contributed by atoms with Crippen molar-refractivity contribution in [1.82, 2.24) is 10.0 Å². The summed E-state index contributed by atoms with van der Waals surface area (Å²) in [5.41, 5.74) is 1.59. The van der Waals surface area contributed by atoms with Crippen molar-refractivity contribution in [2.24, 2.45) is 0 Å². The second kappa shape index (κ2) is 10.8. The predicted molar refractivity (Wildman–Crippen MR) is 109 cm³/mol. The van der Waals surface area contributed by atoms with Crippen LogP contribution in [-0.4, -0.2) is 48.8 Å². The van der Waals surface area contributed by atoms with E-state index in [0.717, 1.165) is 11.1 Å². The molecule has 0 fully saturated rings. The van der Waals surface area contributed by atoms with Gasteiger partial charge in [-0.05, 0) is 35.4 Å². The number of benzene rings is 2. The number of nitrogens with one attached hydrogen (secondary N) is 2. The molecule has 0 aliphatic heterocycles. The van der Waals surface area contributed by atoms with Gasteiger partial charge in [-0.15, -0.1) is 0 Å². The van der Waals surface area contributed by atoms with Crippen molar-refractivity contribution < 1.29 is 27.4 Å². The fourth-order valence-electron chi connectivity index (χ4n) is 2.59. The highest BCUT2D eigenvalue weighted by Crippen LogP contribution is 2.27. The second-order valence-corrected chi connectivity index (χ2v) is 7.94. The van der Waals surface area contributed by atoms with Gasteiger partial charge >= 0.3 is 0 Å². The number of hydrogen-bond donors (Lipinski definition) is 2. The average molecular weight is 423 g/mol. The molecule has 2 aromatic carbocycles. The smallest absolute Gasteiger partial charge is 0.240 e. The molecule has 2 N–H and O–H groups in total. The molecule has 8 nitrogen and oxygen atoms in total. The molecule has 0 aliphatic carbocycles. The zero-order valence-electron chi connectivity index (χ0n) is 16.7. The minimum Gasteiger partial charge on any atom is -0.493 e. The van der Waals surface area contributed by atoms with E-state index in [1.807, 2.05) is 0 Å². The third kappa shape index (κ3) is 6.74. The van der Waals surface area contributed by atoms with Crippen LogP contribution in [0.2, 0.25) is 0 Å². The maximum absolute atomic E-state index is 12.2. The number of ether oxygens (including phenoxy) is 3. The monoisotopic (exact) mass is 422 g/mol. The molecule has 2 aromatic rings. The van der Waals surface area contributed by atoms with Gasteiger partial charge in [-0.2, -0.15) is 0 Å². The summed E-state index contributed by atoms with van der Waals surface area (Å²) in [5, 5.41) is 2.82. The van der Waals surface area contributed by atoms with E-state index in [1.165, 1.54) is 19.2 Å². The second-order valence-electron chi connectivity index (χ2n) is 6.18. The minimum atomic E-state index is -3.57. The molecule has 0 saturated heterocycles. The Labute approximate surface area is 171 Å². The molecule has 0 saturated carbocycles. The third-order valence-corrected chi connectivity index (χ3v) is 5.61. The van der Waals surface area contributed by atoms with Crippen molar-refractivity contribution in [2.45, 2.75) is 17.9 Å². The summed E-state index contributed by atoms with van der Waals surface area (Å²) >= 11 is 0. The molecule has 0 aliphatic rings. The van der Waals surface area contributed by atoms with Gasteiger partial charge in [0, 0.05) is 20.2 Å². The lowest BCUT2D eigenvalue weighted by Crippen LogP contribution is -2.27. The van der Waals surface area contributed by atoms with Gasteiger partial charge in [0.2, 0.25) is 15.9 Å². The van der Waals surface area contributed by atoms with Gasteiger partial charge in [-0.3, -0.25) is 4.79 Å². The lowest BCUT2D eigenvalue weighted by atomic mass is 10.1. The molecule has 0 heterocycles. The van der Waals surface area contributed by atoms with Crippen LogP contribution >= 0.6 is 0 Å². The molecular formula is C20H26N2O6S.